The van der Waals surface area contributed by atoms with Crippen molar-refractivity contribution in [3.8, 4) is 16.9 Å². The van der Waals surface area contributed by atoms with Crippen molar-refractivity contribution in [2.75, 3.05) is 33.4 Å². The summed E-state index contributed by atoms with van der Waals surface area (Å²) in [5, 5.41) is 10.3. The molecule has 0 aliphatic carbocycles. The Kier molecular flexibility index (Phi) is 7.41. The van der Waals surface area contributed by atoms with Crippen molar-refractivity contribution in [3.63, 3.8) is 0 Å². The van der Waals surface area contributed by atoms with E-state index in [1.54, 1.807) is 23.5 Å². The SMILES string of the molecule is COc1ccc(-c2ccc([C@@H]3[C@@H](CO)N4CCCCN(S(=O)(=O)c5ccccc5C)C[C@@H]34)cc2)c(C)c1. The first-order chi connectivity index (χ1) is 17.8. The van der Waals surface area contributed by atoms with Crippen molar-refractivity contribution >= 4 is 10.0 Å². The molecule has 0 bridgehead atoms. The second-order valence-corrected chi connectivity index (χ2v) is 12.1. The van der Waals surface area contributed by atoms with E-state index in [2.05, 4.69) is 42.2 Å². The van der Waals surface area contributed by atoms with Gasteiger partial charge in [0, 0.05) is 31.1 Å². The number of hydrogen-bond acceptors (Lipinski definition) is 5. The molecule has 2 heterocycles. The largest absolute Gasteiger partial charge is 0.497 e. The third-order valence-corrected chi connectivity index (χ3v) is 10.1. The molecule has 2 aliphatic heterocycles. The fraction of sp³-hybridized carbons (Fsp3) is 0.400. The number of aliphatic hydroxyl groups is 1. The smallest absolute Gasteiger partial charge is 0.243 e. The summed E-state index contributed by atoms with van der Waals surface area (Å²) >= 11 is 0. The van der Waals surface area contributed by atoms with Gasteiger partial charge >= 0.3 is 0 Å². The van der Waals surface area contributed by atoms with Gasteiger partial charge in [-0.15, -0.1) is 0 Å². The zero-order valence-corrected chi connectivity index (χ0v) is 22.6. The Labute approximate surface area is 220 Å². The lowest BCUT2D eigenvalue weighted by atomic mass is 9.74. The standard InChI is InChI=1S/C30H36N2O4S/c1-21-8-4-5-9-29(21)37(34,35)31-16-6-7-17-32-27(19-31)30(28(32)20-33)24-12-10-23(11-13-24)26-15-14-25(36-3)18-22(26)2/h4-5,8-15,18,27-28,30,33H,6-7,16-17,19-20H2,1-3H3/t27-,28+,30-/m0/s1. The Hall–Kier alpha value is -2.71. The minimum absolute atomic E-state index is 0.000289. The molecular weight excluding hydrogens is 484 g/mol. The molecule has 6 nitrogen and oxygen atoms in total. The Balaban J connectivity index is 1.43. The summed E-state index contributed by atoms with van der Waals surface area (Å²) in [5.41, 5.74) is 5.34. The second-order valence-electron chi connectivity index (χ2n) is 10.2. The van der Waals surface area contributed by atoms with Crippen molar-refractivity contribution in [2.45, 2.75) is 49.6 Å². The maximum Gasteiger partial charge on any atom is 0.243 e. The highest BCUT2D eigenvalue weighted by Gasteiger charge is 2.50. The predicted octanol–water partition coefficient (Wildman–Crippen LogP) is 4.59. The second kappa shape index (κ2) is 10.6. The number of hydrogen-bond donors (Lipinski definition) is 1. The van der Waals surface area contributed by atoms with Crippen LogP contribution in [0.15, 0.2) is 71.6 Å². The van der Waals surface area contributed by atoms with E-state index in [0.29, 0.717) is 18.0 Å². The van der Waals surface area contributed by atoms with E-state index in [9.17, 15) is 13.5 Å². The number of sulfonamides is 1. The highest BCUT2D eigenvalue weighted by Crippen LogP contribution is 2.43. The van der Waals surface area contributed by atoms with Gasteiger partial charge in [0.1, 0.15) is 5.75 Å². The van der Waals surface area contributed by atoms with E-state index in [1.165, 1.54) is 0 Å². The molecule has 0 amide bonds. The molecule has 37 heavy (non-hydrogen) atoms. The average Bonchev–Trinajstić information content (AvgIpc) is 2.88. The van der Waals surface area contributed by atoms with Gasteiger partial charge in [-0.1, -0.05) is 48.5 Å². The van der Waals surface area contributed by atoms with E-state index in [-0.39, 0.29) is 24.6 Å². The van der Waals surface area contributed by atoms with E-state index < -0.39 is 10.0 Å². The predicted molar refractivity (Wildman–Crippen MR) is 146 cm³/mol. The van der Waals surface area contributed by atoms with E-state index in [0.717, 1.165) is 53.0 Å². The van der Waals surface area contributed by atoms with E-state index in [1.807, 2.05) is 31.2 Å². The number of methoxy groups -OCH3 is 1. The molecule has 196 valence electrons. The van der Waals surface area contributed by atoms with Gasteiger partial charge in [-0.2, -0.15) is 4.31 Å². The van der Waals surface area contributed by atoms with Gasteiger partial charge in [-0.3, -0.25) is 4.90 Å². The first kappa shape index (κ1) is 25.9. The molecule has 0 unspecified atom stereocenters. The molecule has 1 N–H and O–H groups in total. The first-order valence-corrected chi connectivity index (χ1v) is 14.5. The number of nitrogens with zero attached hydrogens (tertiary/aromatic N) is 2. The quantitative estimate of drug-likeness (QED) is 0.515. The van der Waals surface area contributed by atoms with Crippen LogP contribution in [0.3, 0.4) is 0 Å². The summed E-state index contributed by atoms with van der Waals surface area (Å²) < 4.78 is 34.4. The van der Waals surface area contributed by atoms with Crippen LogP contribution in [0.1, 0.15) is 35.4 Å². The molecule has 0 saturated carbocycles. The molecule has 3 aromatic carbocycles. The topological polar surface area (TPSA) is 70.1 Å². The number of benzene rings is 3. The summed E-state index contributed by atoms with van der Waals surface area (Å²) in [7, 11) is -1.93. The first-order valence-electron chi connectivity index (χ1n) is 13.0. The fourth-order valence-electron chi connectivity index (χ4n) is 6.08. The summed E-state index contributed by atoms with van der Waals surface area (Å²) in [6.07, 6.45) is 1.72. The Morgan fingerprint density at radius 3 is 2.35 bits per heavy atom. The molecular formula is C30H36N2O4S. The molecule has 0 spiro atoms. The lowest BCUT2D eigenvalue weighted by molar-refractivity contribution is -0.0553. The van der Waals surface area contributed by atoms with Crippen LogP contribution >= 0.6 is 0 Å². The van der Waals surface area contributed by atoms with Gasteiger partial charge in [0.2, 0.25) is 10.0 Å². The molecule has 7 heteroatoms. The minimum atomic E-state index is -3.60. The number of aryl methyl sites for hydroxylation is 2. The highest BCUT2D eigenvalue weighted by molar-refractivity contribution is 7.89. The van der Waals surface area contributed by atoms with Crippen molar-refractivity contribution in [3.05, 3.63) is 83.4 Å². The van der Waals surface area contributed by atoms with Gasteiger partial charge in [0.25, 0.3) is 0 Å². The molecule has 0 aromatic heterocycles. The van der Waals surface area contributed by atoms with Gasteiger partial charge in [-0.05, 0) is 79.3 Å². The highest BCUT2D eigenvalue weighted by atomic mass is 32.2. The molecule has 3 aromatic rings. The normalized spacial score (nSPS) is 23.0. The van der Waals surface area contributed by atoms with Crippen LogP contribution in [-0.2, 0) is 10.0 Å². The minimum Gasteiger partial charge on any atom is -0.497 e. The molecule has 3 atom stereocenters. The average molecular weight is 521 g/mol. The van der Waals surface area contributed by atoms with Gasteiger partial charge in [0.15, 0.2) is 0 Å². The van der Waals surface area contributed by atoms with Crippen LogP contribution in [0.25, 0.3) is 11.1 Å². The summed E-state index contributed by atoms with van der Waals surface area (Å²) in [5.74, 6) is 0.913. The van der Waals surface area contributed by atoms with Gasteiger partial charge < -0.3 is 9.84 Å². The monoisotopic (exact) mass is 520 g/mol. The van der Waals surface area contributed by atoms with Crippen molar-refractivity contribution in [1.82, 2.24) is 9.21 Å². The third kappa shape index (κ3) is 4.81. The maximum atomic E-state index is 13.7. The Morgan fingerprint density at radius 1 is 0.946 bits per heavy atom. The van der Waals surface area contributed by atoms with Crippen LogP contribution in [0.4, 0.5) is 0 Å². The van der Waals surface area contributed by atoms with Crippen LogP contribution < -0.4 is 4.74 Å². The van der Waals surface area contributed by atoms with Crippen LogP contribution in [0.2, 0.25) is 0 Å². The Bertz CT molecular complexity index is 1360. The third-order valence-electron chi connectivity index (χ3n) is 8.08. The van der Waals surface area contributed by atoms with Crippen LogP contribution in [-0.4, -0.2) is 68.2 Å². The lowest BCUT2D eigenvalue weighted by Crippen LogP contribution is -2.67. The maximum absolute atomic E-state index is 13.7. The summed E-state index contributed by atoms with van der Waals surface area (Å²) in [6, 6.07) is 21.9. The van der Waals surface area contributed by atoms with E-state index >= 15 is 0 Å². The van der Waals surface area contributed by atoms with Gasteiger partial charge in [0.05, 0.1) is 18.6 Å². The zero-order valence-electron chi connectivity index (χ0n) is 21.8. The van der Waals surface area contributed by atoms with Crippen molar-refractivity contribution in [1.29, 1.82) is 0 Å². The molecule has 2 fully saturated rings. The molecule has 2 aliphatic rings. The Morgan fingerprint density at radius 2 is 1.68 bits per heavy atom. The molecule has 2 saturated heterocycles. The van der Waals surface area contributed by atoms with E-state index in [4.69, 9.17) is 4.74 Å². The summed E-state index contributed by atoms with van der Waals surface area (Å²) in [6.45, 7) is 5.82. The van der Waals surface area contributed by atoms with Gasteiger partial charge in [-0.25, -0.2) is 8.42 Å². The molecule has 5 rings (SSSR count). The number of ether oxygens (including phenoxy) is 1. The van der Waals surface area contributed by atoms with Crippen molar-refractivity contribution < 1.29 is 18.3 Å². The number of aliphatic hydroxyl groups excluding tert-OH is 1. The molecule has 0 radical (unpaired) electrons. The number of rotatable bonds is 6. The zero-order chi connectivity index (χ0) is 26.2. The van der Waals surface area contributed by atoms with Crippen LogP contribution in [0.5, 0.6) is 5.75 Å². The number of fused-ring (bicyclic) bond motifs is 1. The van der Waals surface area contributed by atoms with Crippen LogP contribution in [0, 0.1) is 13.8 Å². The fourth-order valence-corrected chi connectivity index (χ4v) is 7.81. The van der Waals surface area contributed by atoms with Crippen molar-refractivity contribution in [2.24, 2.45) is 0 Å². The summed E-state index contributed by atoms with van der Waals surface area (Å²) in [4.78, 5) is 2.70. The lowest BCUT2D eigenvalue weighted by Gasteiger charge is -2.57.